The number of nitrogens with zero attached hydrogens (tertiary/aromatic N) is 2. The third-order valence-corrected chi connectivity index (χ3v) is 4.24. The first-order valence-electron chi connectivity index (χ1n) is 5.66. The smallest absolute Gasteiger partial charge is 0.131 e. The second kappa shape index (κ2) is 4.79. The fourth-order valence-corrected chi connectivity index (χ4v) is 2.68. The molecule has 4 heteroatoms. The van der Waals surface area contributed by atoms with Crippen LogP contribution in [0.5, 0.6) is 0 Å². The van der Waals surface area contributed by atoms with Crippen molar-refractivity contribution < 1.29 is 0 Å². The predicted octanol–water partition coefficient (Wildman–Crippen LogP) is 3.83. The number of hydrogen-bond acceptors (Lipinski definition) is 2. The van der Waals surface area contributed by atoms with Gasteiger partial charge in [-0.3, -0.25) is 0 Å². The number of aromatic nitrogens is 2. The normalized spacial score (nSPS) is 11.2. The minimum atomic E-state index is 0.110. The molecule has 0 bridgehead atoms. The van der Waals surface area contributed by atoms with Crippen LogP contribution in [0.4, 0.5) is 0 Å². The van der Waals surface area contributed by atoms with Crippen LogP contribution in [0, 0.1) is 11.8 Å². The molecule has 0 aromatic carbocycles. The molecule has 18 heavy (non-hydrogen) atoms. The number of thiophene rings is 1. The fourth-order valence-electron chi connectivity index (χ4n) is 1.43. The Labute approximate surface area is 117 Å². The van der Waals surface area contributed by atoms with E-state index in [2.05, 4.69) is 43.7 Å². The number of halogens is 1. The summed E-state index contributed by atoms with van der Waals surface area (Å²) in [6, 6.07) is 2.07. The van der Waals surface area contributed by atoms with Crippen molar-refractivity contribution in [1.29, 1.82) is 0 Å². The van der Waals surface area contributed by atoms with Crippen molar-refractivity contribution >= 4 is 22.9 Å². The molecule has 0 aliphatic rings. The van der Waals surface area contributed by atoms with Gasteiger partial charge in [0.2, 0.25) is 0 Å². The lowest BCUT2D eigenvalue weighted by Gasteiger charge is -2.14. The van der Waals surface area contributed by atoms with Crippen molar-refractivity contribution in [1.82, 2.24) is 9.55 Å². The topological polar surface area (TPSA) is 17.8 Å². The predicted molar refractivity (Wildman–Crippen MR) is 77.2 cm³/mol. The van der Waals surface area contributed by atoms with Gasteiger partial charge in [0, 0.05) is 18.1 Å². The Bertz CT molecular complexity index is 620. The molecule has 0 saturated heterocycles. The molecule has 0 saturated carbocycles. The summed E-state index contributed by atoms with van der Waals surface area (Å²) in [6.45, 7) is 6.52. The Morgan fingerprint density at radius 2 is 2.06 bits per heavy atom. The molecule has 2 aromatic rings. The van der Waals surface area contributed by atoms with Crippen LogP contribution in [0.1, 0.15) is 36.9 Å². The van der Waals surface area contributed by atoms with E-state index in [1.807, 2.05) is 17.8 Å². The minimum Gasteiger partial charge on any atom is -0.339 e. The lowest BCUT2D eigenvalue weighted by Crippen LogP contribution is -2.07. The van der Waals surface area contributed by atoms with Crippen LogP contribution >= 0.6 is 22.9 Å². The summed E-state index contributed by atoms with van der Waals surface area (Å²) in [7, 11) is 1.92. The highest BCUT2D eigenvalue weighted by Crippen LogP contribution is 2.35. The maximum absolute atomic E-state index is 6.21. The van der Waals surface area contributed by atoms with Crippen LogP contribution in [0.15, 0.2) is 18.6 Å². The van der Waals surface area contributed by atoms with Crippen molar-refractivity contribution in [2.75, 3.05) is 0 Å². The number of rotatable bonds is 0. The third kappa shape index (κ3) is 2.95. The highest BCUT2D eigenvalue weighted by atomic mass is 35.5. The zero-order valence-corrected chi connectivity index (χ0v) is 12.5. The molecule has 0 spiro atoms. The molecule has 0 atom stereocenters. The second-order valence-electron chi connectivity index (χ2n) is 5.22. The Balaban J connectivity index is 2.31. The van der Waals surface area contributed by atoms with E-state index in [1.165, 1.54) is 4.88 Å². The third-order valence-electron chi connectivity index (χ3n) is 2.46. The number of aryl methyl sites for hydroxylation is 1. The largest absolute Gasteiger partial charge is 0.339 e. The summed E-state index contributed by atoms with van der Waals surface area (Å²) >= 11 is 7.81. The molecule has 2 aromatic heterocycles. The van der Waals surface area contributed by atoms with Gasteiger partial charge in [0.25, 0.3) is 0 Å². The van der Waals surface area contributed by atoms with Gasteiger partial charge in [-0.1, -0.05) is 38.3 Å². The van der Waals surface area contributed by atoms with Crippen molar-refractivity contribution in [3.05, 3.63) is 39.1 Å². The maximum Gasteiger partial charge on any atom is 0.131 e. The Morgan fingerprint density at radius 3 is 2.56 bits per heavy atom. The molecule has 0 aliphatic carbocycles. The van der Waals surface area contributed by atoms with Gasteiger partial charge in [0.05, 0.1) is 11.9 Å². The summed E-state index contributed by atoms with van der Waals surface area (Å²) in [5.41, 5.74) is 1.76. The highest BCUT2D eigenvalue weighted by molar-refractivity contribution is 7.16. The molecular weight excluding hydrogens is 264 g/mol. The van der Waals surface area contributed by atoms with Crippen LogP contribution in [-0.2, 0) is 12.5 Å². The molecule has 2 heterocycles. The molecule has 94 valence electrons. The van der Waals surface area contributed by atoms with Crippen LogP contribution in [0.3, 0.4) is 0 Å². The van der Waals surface area contributed by atoms with Gasteiger partial charge < -0.3 is 4.57 Å². The highest BCUT2D eigenvalue weighted by Gasteiger charge is 2.18. The van der Waals surface area contributed by atoms with Crippen LogP contribution in [0.25, 0.3) is 0 Å². The van der Waals surface area contributed by atoms with Crippen molar-refractivity contribution in [3.63, 3.8) is 0 Å². The molecule has 0 amide bonds. The van der Waals surface area contributed by atoms with Crippen LogP contribution in [-0.4, -0.2) is 9.55 Å². The monoisotopic (exact) mass is 278 g/mol. The van der Waals surface area contributed by atoms with Gasteiger partial charge >= 0.3 is 0 Å². The first-order chi connectivity index (χ1) is 8.36. The SMILES string of the molecule is Cn1cnc(C#Cc2cc(C(C)(C)C)sc2Cl)c1. The van der Waals surface area contributed by atoms with Crippen LogP contribution < -0.4 is 0 Å². The Hall–Kier alpha value is -1.24. The van der Waals surface area contributed by atoms with E-state index in [9.17, 15) is 0 Å². The lowest BCUT2D eigenvalue weighted by atomic mass is 9.94. The first kappa shape index (κ1) is 13.2. The molecule has 0 unspecified atom stereocenters. The van der Waals surface area contributed by atoms with Gasteiger partial charge in [-0.15, -0.1) is 11.3 Å². The van der Waals surface area contributed by atoms with E-state index < -0.39 is 0 Å². The van der Waals surface area contributed by atoms with Gasteiger partial charge in [-0.25, -0.2) is 4.98 Å². The molecule has 0 N–H and O–H groups in total. The van der Waals surface area contributed by atoms with E-state index in [1.54, 1.807) is 17.7 Å². The first-order valence-corrected chi connectivity index (χ1v) is 6.85. The zero-order valence-electron chi connectivity index (χ0n) is 10.9. The van der Waals surface area contributed by atoms with Crippen molar-refractivity contribution in [3.8, 4) is 11.8 Å². The summed E-state index contributed by atoms with van der Waals surface area (Å²) < 4.78 is 2.63. The summed E-state index contributed by atoms with van der Waals surface area (Å²) in [6.07, 6.45) is 3.62. The van der Waals surface area contributed by atoms with Crippen LogP contribution in [0.2, 0.25) is 4.34 Å². The van der Waals surface area contributed by atoms with Gasteiger partial charge in [0.15, 0.2) is 0 Å². The number of imidazole rings is 1. The van der Waals surface area contributed by atoms with Crippen molar-refractivity contribution in [2.24, 2.45) is 7.05 Å². The quantitative estimate of drug-likeness (QED) is 0.670. The Morgan fingerprint density at radius 1 is 1.33 bits per heavy atom. The van der Waals surface area contributed by atoms with E-state index >= 15 is 0 Å². The minimum absolute atomic E-state index is 0.110. The summed E-state index contributed by atoms with van der Waals surface area (Å²) in [4.78, 5) is 5.41. The molecule has 0 fully saturated rings. The molecule has 0 radical (unpaired) electrons. The molecule has 2 nitrogen and oxygen atoms in total. The molecule has 2 rings (SSSR count). The van der Waals surface area contributed by atoms with Gasteiger partial charge in [-0.05, 0) is 17.4 Å². The molecule has 0 aliphatic heterocycles. The van der Waals surface area contributed by atoms with E-state index in [0.29, 0.717) is 0 Å². The van der Waals surface area contributed by atoms with Gasteiger partial charge in [0.1, 0.15) is 10.0 Å². The van der Waals surface area contributed by atoms with Crippen molar-refractivity contribution in [2.45, 2.75) is 26.2 Å². The number of hydrogen-bond donors (Lipinski definition) is 0. The Kier molecular flexibility index (Phi) is 3.52. The lowest BCUT2D eigenvalue weighted by molar-refractivity contribution is 0.604. The second-order valence-corrected chi connectivity index (χ2v) is 6.88. The summed E-state index contributed by atoms with van der Waals surface area (Å²) in [5, 5.41) is 0. The van der Waals surface area contributed by atoms with E-state index in [0.717, 1.165) is 15.6 Å². The standard InChI is InChI=1S/C14H15ClN2S/c1-14(2,3)12-7-10(13(15)18-12)5-6-11-8-17(4)9-16-11/h7-9H,1-4H3. The average Bonchev–Trinajstić information content (AvgIpc) is 2.81. The zero-order chi connectivity index (χ0) is 13.3. The van der Waals surface area contributed by atoms with E-state index in [-0.39, 0.29) is 5.41 Å². The van der Waals surface area contributed by atoms with Gasteiger partial charge in [-0.2, -0.15) is 0 Å². The summed E-state index contributed by atoms with van der Waals surface area (Å²) in [5.74, 6) is 6.12. The fraction of sp³-hybridized carbons (Fsp3) is 0.357. The maximum atomic E-state index is 6.21. The molecular formula is C14H15ClN2S. The van der Waals surface area contributed by atoms with E-state index in [4.69, 9.17) is 11.6 Å². The average molecular weight is 279 g/mol.